The van der Waals surface area contributed by atoms with E-state index in [-0.39, 0.29) is 11.3 Å². The molecular weight excluding hydrogens is 151 g/mol. The molecule has 0 atom stereocenters. The minimum Gasteiger partial charge on any atom is -0.477 e. The largest absolute Gasteiger partial charge is 0.477 e. The van der Waals surface area contributed by atoms with Crippen LogP contribution in [0.5, 0.6) is 0 Å². The fourth-order valence-electron chi connectivity index (χ4n) is 0.873. The van der Waals surface area contributed by atoms with E-state index in [2.05, 4.69) is 5.10 Å². The van der Waals surface area contributed by atoms with E-state index in [1.165, 1.54) is 14.0 Å². The summed E-state index contributed by atoms with van der Waals surface area (Å²) in [7, 11) is 1.36. The third-order valence-corrected chi connectivity index (χ3v) is 1.37. The lowest BCUT2D eigenvalue weighted by molar-refractivity contribution is 0.0690. The van der Waals surface area contributed by atoms with Gasteiger partial charge in [0.1, 0.15) is 5.56 Å². The third kappa shape index (κ3) is 1.09. The van der Waals surface area contributed by atoms with Gasteiger partial charge in [0.25, 0.3) is 0 Å². The van der Waals surface area contributed by atoms with Crippen LogP contribution in [-0.2, 0) is 7.05 Å². The van der Waals surface area contributed by atoms with Gasteiger partial charge < -0.3 is 5.11 Å². The number of hydrogen-bond donors (Lipinski definition) is 1. The van der Waals surface area contributed by atoms with Crippen LogP contribution in [0.1, 0.15) is 16.1 Å². The number of carboxylic acid groups (broad SMARTS) is 1. The molecule has 1 aromatic rings. The van der Waals surface area contributed by atoms with Crippen LogP contribution in [0.2, 0.25) is 0 Å². The number of halogens is 1. The first-order valence-electron chi connectivity index (χ1n) is 2.96. The number of hydrogen-bond acceptors (Lipinski definition) is 2. The monoisotopic (exact) mass is 158 g/mol. The number of aryl methyl sites for hydroxylation is 2. The maximum Gasteiger partial charge on any atom is 0.342 e. The predicted octanol–water partition coefficient (Wildman–Crippen LogP) is 0.566. The molecule has 0 amide bonds. The zero-order valence-electron chi connectivity index (χ0n) is 6.13. The Morgan fingerprint density at radius 1 is 1.73 bits per heavy atom. The van der Waals surface area contributed by atoms with Crippen molar-refractivity contribution in [3.63, 3.8) is 0 Å². The normalized spacial score (nSPS) is 10.1. The molecule has 0 unspecified atom stereocenters. The van der Waals surface area contributed by atoms with Crippen molar-refractivity contribution < 1.29 is 14.3 Å². The van der Waals surface area contributed by atoms with Gasteiger partial charge in [-0.15, -0.1) is 0 Å². The maximum atomic E-state index is 12.8. The first kappa shape index (κ1) is 7.71. The van der Waals surface area contributed by atoms with Crippen LogP contribution >= 0.6 is 0 Å². The van der Waals surface area contributed by atoms with E-state index in [4.69, 9.17) is 5.11 Å². The molecule has 0 fully saturated rings. The Hall–Kier alpha value is -1.39. The molecule has 0 aliphatic rings. The molecule has 0 spiro atoms. The van der Waals surface area contributed by atoms with E-state index in [1.54, 1.807) is 0 Å². The van der Waals surface area contributed by atoms with E-state index in [9.17, 15) is 9.18 Å². The van der Waals surface area contributed by atoms with Gasteiger partial charge in [-0.2, -0.15) is 9.49 Å². The third-order valence-electron chi connectivity index (χ3n) is 1.37. The van der Waals surface area contributed by atoms with Crippen LogP contribution in [0, 0.1) is 12.9 Å². The molecule has 1 aromatic heterocycles. The minimum absolute atomic E-state index is 0.192. The van der Waals surface area contributed by atoms with Gasteiger partial charge in [-0.25, -0.2) is 9.48 Å². The standard InChI is InChI=1S/C6H7FN2O2/c1-3-4(6(10)11)5(7)9(2)8-3/h1-2H3,(H,10,11). The van der Waals surface area contributed by atoms with Gasteiger partial charge in [0.05, 0.1) is 5.69 Å². The molecule has 1 heterocycles. The van der Waals surface area contributed by atoms with Gasteiger partial charge >= 0.3 is 5.97 Å². The van der Waals surface area contributed by atoms with E-state index in [0.29, 0.717) is 0 Å². The quantitative estimate of drug-likeness (QED) is 0.649. The first-order valence-corrected chi connectivity index (χ1v) is 2.96. The zero-order valence-corrected chi connectivity index (χ0v) is 6.13. The first-order chi connectivity index (χ1) is 5.04. The van der Waals surface area contributed by atoms with Crippen molar-refractivity contribution in [2.75, 3.05) is 0 Å². The number of nitrogens with zero attached hydrogens (tertiary/aromatic N) is 2. The van der Waals surface area contributed by atoms with Crippen LogP contribution < -0.4 is 0 Å². The lowest BCUT2D eigenvalue weighted by Crippen LogP contribution is -2.01. The Bertz CT molecular complexity index is 306. The van der Waals surface area contributed by atoms with Crippen molar-refractivity contribution in [2.45, 2.75) is 6.92 Å². The molecule has 0 saturated carbocycles. The molecule has 60 valence electrons. The smallest absolute Gasteiger partial charge is 0.342 e. The van der Waals surface area contributed by atoms with E-state index in [1.807, 2.05) is 0 Å². The van der Waals surface area contributed by atoms with Crippen LogP contribution in [-0.4, -0.2) is 20.9 Å². The average molecular weight is 158 g/mol. The molecule has 0 saturated heterocycles. The second kappa shape index (κ2) is 2.34. The second-order valence-electron chi connectivity index (χ2n) is 2.18. The highest BCUT2D eigenvalue weighted by Gasteiger charge is 2.18. The Morgan fingerprint density at radius 3 is 2.45 bits per heavy atom. The lowest BCUT2D eigenvalue weighted by Gasteiger charge is -1.88. The highest BCUT2D eigenvalue weighted by molar-refractivity contribution is 5.88. The van der Waals surface area contributed by atoms with Gasteiger partial charge in [0.15, 0.2) is 0 Å². The second-order valence-corrected chi connectivity index (χ2v) is 2.18. The summed E-state index contributed by atoms with van der Waals surface area (Å²) < 4.78 is 13.7. The van der Waals surface area contributed by atoms with Crippen LogP contribution in [0.15, 0.2) is 0 Å². The van der Waals surface area contributed by atoms with Crippen molar-refractivity contribution in [2.24, 2.45) is 7.05 Å². The van der Waals surface area contributed by atoms with Crippen molar-refractivity contribution in [3.05, 3.63) is 17.2 Å². The number of aromatic carboxylic acids is 1. The van der Waals surface area contributed by atoms with E-state index < -0.39 is 11.9 Å². The number of rotatable bonds is 1. The summed E-state index contributed by atoms with van der Waals surface area (Å²) in [5, 5.41) is 12.1. The highest BCUT2D eigenvalue weighted by atomic mass is 19.1. The van der Waals surface area contributed by atoms with Gasteiger partial charge in [0, 0.05) is 7.05 Å². The molecule has 4 nitrogen and oxygen atoms in total. The predicted molar refractivity (Wildman–Crippen MR) is 34.9 cm³/mol. The van der Waals surface area contributed by atoms with Gasteiger partial charge in [0.2, 0.25) is 5.95 Å². The summed E-state index contributed by atoms with van der Waals surface area (Å²) >= 11 is 0. The molecule has 0 aliphatic heterocycles. The molecule has 11 heavy (non-hydrogen) atoms. The Balaban J connectivity index is 3.34. The lowest BCUT2D eigenvalue weighted by atomic mass is 10.3. The fraction of sp³-hybridized carbons (Fsp3) is 0.333. The number of carbonyl (C=O) groups is 1. The fourth-order valence-corrected chi connectivity index (χ4v) is 0.873. The van der Waals surface area contributed by atoms with Gasteiger partial charge in [-0.3, -0.25) is 0 Å². The zero-order chi connectivity index (χ0) is 8.59. The number of aromatic nitrogens is 2. The van der Waals surface area contributed by atoms with Gasteiger partial charge in [-0.05, 0) is 6.92 Å². The van der Waals surface area contributed by atoms with Crippen LogP contribution in [0.3, 0.4) is 0 Å². The average Bonchev–Trinajstić information content (AvgIpc) is 2.07. The molecule has 0 aromatic carbocycles. The van der Waals surface area contributed by atoms with Crippen LogP contribution in [0.4, 0.5) is 4.39 Å². The summed E-state index contributed by atoms with van der Waals surface area (Å²) in [4.78, 5) is 10.4. The Labute approximate surface area is 62.3 Å². The highest BCUT2D eigenvalue weighted by Crippen LogP contribution is 2.09. The SMILES string of the molecule is Cc1nn(C)c(F)c1C(=O)O. The molecule has 1 N–H and O–H groups in total. The molecular formula is C6H7FN2O2. The minimum atomic E-state index is -1.28. The summed E-state index contributed by atoms with van der Waals surface area (Å²) in [6.45, 7) is 1.45. The van der Waals surface area contributed by atoms with Crippen molar-refractivity contribution >= 4 is 5.97 Å². The summed E-state index contributed by atoms with van der Waals surface area (Å²) in [6.07, 6.45) is 0. The van der Waals surface area contributed by atoms with Crippen molar-refractivity contribution in [3.8, 4) is 0 Å². The molecule has 0 radical (unpaired) electrons. The molecule has 0 bridgehead atoms. The molecule has 1 rings (SSSR count). The van der Waals surface area contributed by atoms with E-state index in [0.717, 1.165) is 4.68 Å². The summed E-state index contributed by atoms with van der Waals surface area (Å²) in [6, 6.07) is 0. The molecule has 0 aliphatic carbocycles. The molecule has 5 heteroatoms. The number of carboxylic acids is 1. The summed E-state index contributed by atoms with van der Waals surface area (Å²) in [5.41, 5.74) is -0.162. The Kier molecular flexibility index (Phi) is 1.64. The van der Waals surface area contributed by atoms with Crippen molar-refractivity contribution in [1.82, 2.24) is 9.78 Å². The van der Waals surface area contributed by atoms with Crippen molar-refractivity contribution in [1.29, 1.82) is 0 Å². The van der Waals surface area contributed by atoms with Crippen LogP contribution in [0.25, 0.3) is 0 Å². The summed E-state index contributed by atoms with van der Waals surface area (Å²) in [5.74, 6) is -2.09. The van der Waals surface area contributed by atoms with E-state index >= 15 is 0 Å². The topological polar surface area (TPSA) is 55.1 Å². The Morgan fingerprint density at radius 2 is 2.27 bits per heavy atom. The van der Waals surface area contributed by atoms with Gasteiger partial charge in [-0.1, -0.05) is 0 Å². The maximum absolute atomic E-state index is 12.8.